The van der Waals surface area contributed by atoms with Crippen molar-refractivity contribution in [2.45, 2.75) is 44.3 Å². The van der Waals surface area contributed by atoms with Gasteiger partial charge in [0.05, 0.1) is 4.90 Å². The third kappa shape index (κ3) is 4.70. The molecular weight excluding hydrogens is 262 g/mol. The van der Waals surface area contributed by atoms with Gasteiger partial charge in [-0.25, -0.2) is 8.42 Å². The maximum atomic E-state index is 12.2. The maximum Gasteiger partial charge on any atom is 0.341 e. The van der Waals surface area contributed by atoms with Gasteiger partial charge in [-0.2, -0.15) is 8.78 Å². The number of benzene rings is 1. The fourth-order valence-electron chi connectivity index (χ4n) is 1.15. The van der Waals surface area contributed by atoms with Crippen LogP contribution in [0.4, 0.5) is 8.78 Å². The molecule has 1 rings (SSSR count). The van der Waals surface area contributed by atoms with E-state index in [1.54, 1.807) is 12.1 Å². The molecule has 0 aliphatic carbocycles. The summed E-state index contributed by atoms with van der Waals surface area (Å²) in [6.07, 6.45) is 0. The molecule has 1 aromatic rings. The Balaban J connectivity index is 0. The molecule has 18 heavy (non-hydrogen) atoms. The van der Waals surface area contributed by atoms with E-state index in [4.69, 9.17) is 0 Å². The van der Waals surface area contributed by atoms with Crippen molar-refractivity contribution in [3.8, 4) is 0 Å². The van der Waals surface area contributed by atoms with Crippen molar-refractivity contribution in [2.75, 3.05) is 0 Å². The van der Waals surface area contributed by atoms with Crippen LogP contribution < -0.4 is 0 Å². The van der Waals surface area contributed by atoms with Gasteiger partial charge in [0.15, 0.2) is 0 Å². The van der Waals surface area contributed by atoms with Gasteiger partial charge in [0.1, 0.15) is 0 Å². The van der Waals surface area contributed by atoms with Gasteiger partial charge in [0, 0.05) is 0 Å². The van der Waals surface area contributed by atoms with Crippen molar-refractivity contribution in [3.05, 3.63) is 29.8 Å². The van der Waals surface area contributed by atoms with Crippen LogP contribution in [0.25, 0.3) is 0 Å². The molecule has 0 atom stereocenters. The number of halogens is 2. The third-order valence-corrected chi connectivity index (χ3v) is 3.51. The van der Waals surface area contributed by atoms with Gasteiger partial charge in [-0.15, -0.1) is 0 Å². The average Bonchev–Trinajstić information content (AvgIpc) is 2.31. The van der Waals surface area contributed by atoms with Crippen molar-refractivity contribution in [1.29, 1.82) is 0 Å². The van der Waals surface area contributed by atoms with Crippen LogP contribution >= 0.6 is 0 Å². The molecular formula is C12H20F2O3S. The minimum absolute atomic E-state index is 0. The molecule has 0 heterocycles. The highest BCUT2D eigenvalue weighted by atomic mass is 32.2. The second kappa shape index (κ2) is 8.16. The molecule has 6 heteroatoms. The fourth-order valence-corrected chi connectivity index (χ4v) is 1.87. The Morgan fingerprint density at radius 2 is 1.39 bits per heavy atom. The van der Waals surface area contributed by atoms with E-state index in [-0.39, 0.29) is 16.3 Å². The summed E-state index contributed by atoms with van der Waals surface area (Å²) in [5, 5.41) is 0. The van der Waals surface area contributed by atoms with Gasteiger partial charge in [0.25, 0.3) is 0 Å². The van der Waals surface area contributed by atoms with Crippen LogP contribution in [0.3, 0.4) is 0 Å². The first-order valence-electron chi connectivity index (χ1n) is 5.47. The minimum Gasteiger partial charge on any atom is -0.412 e. The Kier molecular flexibility index (Phi) is 8.76. The van der Waals surface area contributed by atoms with Crippen molar-refractivity contribution >= 4 is 9.84 Å². The van der Waals surface area contributed by atoms with Gasteiger partial charge in [-0.3, -0.25) is 0 Å². The van der Waals surface area contributed by atoms with E-state index in [0.717, 1.165) is 5.56 Å². The Bertz CT molecular complexity index is 425. The molecule has 0 aliphatic heterocycles. The van der Waals surface area contributed by atoms with E-state index in [2.05, 4.69) is 0 Å². The van der Waals surface area contributed by atoms with E-state index in [1.807, 2.05) is 27.7 Å². The van der Waals surface area contributed by atoms with Crippen LogP contribution in [0, 0.1) is 0 Å². The topological polar surface area (TPSA) is 65.6 Å². The first-order chi connectivity index (χ1) is 7.85. The molecule has 2 N–H and O–H groups in total. The van der Waals surface area contributed by atoms with Crippen molar-refractivity contribution in [2.24, 2.45) is 0 Å². The quantitative estimate of drug-likeness (QED) is 0.855. The predicted molar refractivity (Wildman–Crippen MR) is 68.7 cm³/mol. The molecule has 106 valence electrons. The number of sulfone groups is 1. The van der Waals surface area contributed by atoms with Crippen molar-refractivity contribution in [1.82, 2.24) is 0 Å². The maximum absolute atomic E-state index is 12.2. The lowest BCUT2D eigenvalue weighted by Gasteiger charge is -2.07. The largest absolute Gasteiger partial charge is 0.412 e. The zero-order valence-electron chi connectivity index (χ0n) is 10.9. The standard InChI is InChI=1S/C10H12F2O2S.C2H6.H2O/c1-7(2)8-3-5-9(6-4-8)15(13,14)10(11)12;1-2;/h3-7,10H,1-2H3;1-2H3;1H2. The van der Waals surface area contributed by atoms with Crippen LogP contribution in [-0.2, 0) is 9.84 Å². The van der Waals surface area contributed by atoms with Crippen molar-refractivity contribution < 1.29 is 22.7 Å². The molecule has 0 radical (unpaired) electrons. The zero-order valence-corrected chi connectivity index (χ0v) is 11.8. The molecule has 0 unspecified atom stereocenters. The summed E-state index contributed by atoms with van der Waals surface area (Å²) in [5.41, 5.74) is 0.920. The van der Waals surface area contributed by atoms with Crippen LogP contribution in [0.2, 0.25) is 0 Å². The smallest absolute Gasteiger partial charge is 0.341 e. The summed E-state index contributed by atoms with van der Waals surface area (Å²) in [6, 6.07) is 5.55. The lowest BCUT2D eigenvalue weighted by molar-refractivity contribution is 0.234. The molecule has 0 spiro atoms. The predicted octanol–water partition coefficient (Wildman–Crippen LogP) is 3.01. The normalized spacial score (nSPS) is 10.7. The van der Waals surface area contributed by atoms with Crippen LogP contribution in [-0.4, -0.2) is 19.7 Å². The van der Waals surface area contributed by atoms with E-state index in [9.17, 15) is 17.2 Å². The summed E-state index contributed by atoms with van der Waals surface area (Å²) in [5.74, 6) is -3.12. The second-order valence-corrected chi connectivity index (χ2v) is 5.45. The summed E-state index contributed by atoms with van der Waals surface area (Å²) in [4.78, 5) is -0.332. The van der Waals surface area contributed by atoms with Gasteiger partial charge < -0.3 is 5.48 Å². The zero-order chi connectivity index (χ0) is 13.6. The van der Waals surface area contributed by atoms with E-state index in [0.29, 0.717) is 0 Å². The summed E-state index contributed by atoms with van der Waals surface area (Å²) in [7, 11) is -4.45. The van der Waals surface area contributed by atoms with Crippen molar-refractivity contribution in [3.63, 3.8) is 0 Å². The van der Waals surface area contributed by atoms with Gasteiger partial charge in [-0.05, 0) is 23.6 Å². The minimum atomic E-state index is -4.45. The second-order valence-electron chi connectivity index (χ2n) is 3.53. The Labute approximate surface area is 107 Å². The fraction of sp³-hybridized carbons (Fsp3) is 0.500. The lowest BCUT2D eigenvalue weighted by Crippen LogP contribution is -2.11. The Morgan fingerprint density at radius 1 is 1.00 bits per heavy atom. The molecule has 0 bridgehead atoms. The molecule has 1 aromatic carbocycles. The van der Waals surface area contributed by atoms with Crippen LogP contribution in [0.15, 0.2) is 29.2 Å². The summed E-state index contributed by atoms with van der Waals surface area (Å²) in [6.45, 7) is 7.88. The SMILES string of the molecule is CC.CC(C)c1ccc(S(=O)(=O)C(F)F)cc1.O. The first kappa shape index (κ1) is 19.3. The highest BCUT2D eigenvalue weighted by Gasteiger charge is 2.26. The number of hydrogen-bond acceptors (Lipinski definition) is 2. The average molecular weight is 282 g/mol. The number of rotatable bonds is 3. The highest BCUT2D eigenvalue weighted by Crippen LogP contribution is 2.21. The molecule has 0 aromatic heterocycles. The Hall–Kier alpha value is -1.01. The van der Waals surface area contributed by atoms with E-state index >= 15 is 0 Å². The molecule has 3 nitrogen and oxygen atoms in total. The first-order valence-corrected chi connectivity index (χ1v) is 7.02. The van der Waals surface area contributed by atoms with E-state index in [1.165, 1.54) is 12.1 Å². The summed E-state index contributed by atoms with van der Waals surface area (Å²) >= 11 is 0. The molecule has 0 amide bonds. The van der Waals surface area contributed by atoms with E-state index < -0.39 is 15.6 Å². The lowest BCUT2D eigenvalue weighted by atomic mass is 10.0. The van der Waals surface area contributed by atoms with Crippen LogP contribution in [0.1, 0.15) is 39.2 Å². The summed E-state index contributed by atoms with van der Waals surface area (Å²) < 4.78 is 46.5. The molecule has 0 saturated carbocycles. The van der Waals surface area contributed by atoms with Gasteiger partial charge in [-0.1, -0.05) is 39.8 Å². The number of hydrogen-bond donors (Lipinski definition) is 0. The molecule has 0 saturated heterocycles. The van der Waals surface area contributed by atoms with Gasteiger partial charge >= 0.3 is 5.76 Å². The number of alkyl halides is 2. The van der Waals surface area contributed by atoms with Crippen LogP contribution in [0.5, 0.6) is 0 Å². The highest BCUT2D eigenvalue weighted by molar-refractivity contribution is 7.91. The van der Waals surface area contributed by atoms with Gasteiger partial charge in [0.2, 0.25) is 9.84 Å². The Morgan fingerprint density at radius 3 is 1.67 bits per heavy atom. The monoisotopic (exact) mass is 282 g/mol. The molecule has 0 fully saturated rings. The third-order valence-electron chi connectivity index (χ3n) is 2.11. The molecule has 0 aliphatic rings.